The second-order valence-electron chi connectivity index (χ2n) is 10.0. The third kappa shape index (κ3) is 2.19. The van der Waals surface area contributed by atoms with E-state index >= 15 is 0 Å². The van der Waals surface area contributed by atoms with Gasteiger partial charge in [0.05, 0.1) is 12.2 Å². The van der Waals surface area contributed by atoms with Gasteiger partial charge in [0.25, 0.3) is 0 Å². The minimum Gasteiger partial charge on any atom is -0.393 e. The largest absolute Gasteiger partial charge is 0.393 e. The van der Waals surface area contributed by atoms with Crippen LogP contribution in [0.3, 0.4) is 0 Å². The molecule has 4 aliphatic carbocycles. The van der Waals surface area contributed by atoms with Gasteiger partial charge >= 0.3 is 0 Å². The number of carbonyl (C=O) groups excluding carboxylic acids is 1. The molecule has 3 nitrogen and oxygen atoms in total. The van der Waals surface area contributed by atoms with E-state index in [0.29, 0.717) is 35.9 Å². The van der Waals surface area contributed by atoms with Gasteiger partial charge in [0.1, 0.15) is 5.78 Å². The van der Waals surface area contributed by atoms with E-state index in [4.69, 9.17) is 0 Å². The quantitative estimate of drug-likeness (QED) is 0.771. The Balaban J connectivity index is 1.66. The Bertz CT molecular complexity index is 529. The first kappa shape index (κ1) is 17.0. The van der Waals surface area contributed by atoms with E-state index in [-0.39, 0.29) is 29.0 Å². The lowest BCUT2D eigenvalue weighted by Crippen LogP contribution is -2.57. The molecule has 4 fully saturated rings. The molecule has 0 heterocycles. The predicted molar refractivity (Wildman–Crippen MR) is 93.3 cm³/mol. The van der Waals surface area contributed by atoms with Gasteiger partial charge in [0.2, 0.25) is 0 Å². The Hall–Kier alpha value is -0.410. The standard InChI is InChI=1S/C21H34O3/c1-12(22)15-4-5-16-14-11-19(24)18-10-13(23)6-8-21(18,3)17(14)7-9-20(15,16)2/h12-18,22-23H,4-11H2,1-3H3. The number of rotatable bonds is 1. The van der Waals surface area contributed by atoms with Crippen molar-refractivity contribution < 1.29 is 15.0 Å². The van der Waals surface area contributed by atoms with Crippen molar-refractivity contribution in [3.63, 3.8) is 0 Å². The summed E-state index contributed by atoms with van der Waals surface area (Å²) in [6.45, 7) is 6.69. The number of aliphatic hydroxyl groups is 2. The summed E-state index contributed by atoms with van der Waals surface area (Å²) in [5.41, 5.74) is 0.316. The predicted octanol–water partition coefficient (Wildman–Crippen LogP) is 3.57. The SMILES string of the molecule is CC(O)C1CCC2C3CC(=O)C4CC(O)CCC4(C)C3CCC12C. The van der Waals surface area contributed by atoms with Gasteiger partial charge in [0.15, 0.2) is 0 Å². The molecule has 0 aliphatic heterocycles. The van der Waals surface area contributed by atoms with Crippen LogP contribution in [-0.2, 0) is 4.79 Å². The highest BCUT2D eigenvalue weighted by atomic mass is 16.3. The first-order valence-corrected chi connectivity index (χ1v) is 10.2. The highest BCUT2D eigenvalue weighted by Gasteiger charge is 2.62. The maximum absolute atomic E-state index is 13.0. The second-order valence-corrected chi connectivity index (χ2v) is 10.0. The maximum atomic E-state index is 13.0. The third-order valence-corrected chi connectivity index (χ3v) is 9.09. The van der Waals surface area contributed by atoms with Crippen molar-refractivity contribution in [3.05, 3.63) is 0 Å². The zero-order chi connectivity index (χ0) is 17.3. The van der Waals surface area contributed by atoms with E-state index in [9.17, 15) is 15.0 Å². The van der Waals surface area contributed by atoms with Crippen LogP contribution >= 0.6 is 0 Å². The van der Waals surface area contributed by atoms with Gasteiger partial charge in [-0.05, 0) is 86.4 Å². The van der Waals surface area contributed by atoms with Crippen LogP contribution in [0.4, 0.5) is 0 Å². The Morgan fingerprint density at radius 1 is 1.04 bits per heavy atom. The second kappa shape index (κ2) is 5.54. The van der Waals surface area contributed by atoms with Crippen LogP contribution in [0.25, 0.3) is 0 Å². The molecule has 0 amide bonds. The number of fused-ring (bicyclic) bond motifs is 5. The molecule has 9 unspecified atom stereocenters. The molecule has 3 heteroatoms. The van der Waals surface area contributed by atoms with Gasteiger partial charge in [-0.1, -0.05) is 13.8 Å². The highest BCUT2D eigenvalue weighted by molar-refractivity contribution is 5.83. The average Bonchev–Trinajstić information content (AvgIpc) is 2.87. The molecule has 0 saturated heterocycles. The van der Waals surface area contributed by atoms with E-state index in [1.807, 2.05) is 6.92 Å². The Labute approximate surface area is 146 Å². The molecule has 4 saturated carbocycles. The van der Waals surface area contributed by atoms with Crippen LogP contribution in [0, 0.1) is 40.4 Å². The molecule has 0 spiro atoms. The van der Waals surface area contributed by atoms with E-state index in [2.05, 4.69) is 13.8 Å². The molecule has 0 aromatic heterocycles. The van der Waals surface area contributed by atoms with Crippen molar-refractivity contribution in [3.8, 4) is 0 Å². The first-order valence-electron chi connectivity index (χ1n) is 10.2. The summed E-state index contributed by atoms with van der Waals surface area (Å²) >= 11 is 0. The molecule has 4 rings (SSSR count). The van der Waals surface area contributed by atoms with Crippen LogP contribution in [0.15, 0.2) is 0 Å². The third-order valence-electron chi connectivity index (χ3n) is 9.09. The topological polar surface area (TPSA) is 57.5 Å². The van der Waals surface area contributed by atoms with Crippen molar-refractivity contribution in [2.75, 3.05) is 0 Å². The number of ketones is 1. The maximum Gasteiger partial charge on any atom is 0.136 e. The molecule has 0 radical (unpaired) electrons. The van der Waals surface area contributed by atoms with E-state index in [0.717, 1.165) is 25.7 Å². The fourth-order valence-corrected chi connectivity index (χ4v) is 7.85. The molecular formula is C21H34O3. The van der Waals surface area contributed by atoms with Crippen molar-refractivity contribution in [2.45, 2.75) is 84.3 Å². The summed E-state index contributed by atoms with van der Waals surface area (Å²) in [5, 5.41) is 20.4. The van der Waals surface area contributed by atoms with Gasteiger partial charge in [-0.25, -0.2) is 0 Å². The highest BCUT2D eigenvalue weighted by Crippen LogP contribution is 2.67. The Kier molecular flexibility index (Phi) is 3.93. The summed E-state index contributed by atoms with van der Waals surface area (Å²) in [6, 6.07) is 0. The molecule has 0 bridgehead atoms. The molecule has 24 heavy (non-hydrogen) atoms. The number of hydrogen-bond acceptors (Lipinski definition) is 3. The number of carbonyl (C=O) groups is 1. The van der Waals surface area contributed by atoms with Crippen molar-refractivity contribution in [1.82, 2.24) is 0 Å². The lowest BCUT2D eigenvalue weighted by Gasteiger charge is -2.60. The van der Waals surface area contributed by atoms with Gasteiger partial charge in [-0.3, -0.25) is 4.79 Å². The monoisotopic (exact) mass is 334 g/mol. The summed E-state index contributed by atoms with van der Waals surface area (Å²) < 4.78 is 0. The molecule has 4 aliphatic rings. The molecule has 136 valence electrons. The molecule has 9 atom stereocenters. The minimum atomic E-state index is -0.275. The molecular weight excluding hydrogens is 300 g/mol. The normalized spacial score (nSPS) is 55.5. The Morgan fingerprint density at radius 2 is 1.71 bits per heavy atom. The van der Waals surface area contributed by atoms with E-state index in [1.54, 1.807) is 0 Å². The van der Waals surface area contributed by atoms with E-state index < -0.39 is 0 Å². The average molecular weight is 335 g/mol. The van der Waals surface area contributed by atoms with Gasteiger partial charge in [-0.2, -0.15) is 0 Å². The lowest BCUT2D eigenvalue weighted by molar-refractivity contribution is -0.160. The van der Waals surface area contributed by atoms with Gasteiger partial charge < -0.3 is 10.2 Å². The summed E-state index contributed by atoms with van der Waals surface area (Å²) in [4.78, 5) is 13.0. The summed E-state index contributed by atoms with van der Waals surface area (Å²) in [6.07, 6.45) is 7.49. The zero-order valence-corrected chi connectivity index (χ0v) is 15.5. The van der Waals surface area contributed by atoms with Crippen LogP contribution in [0.5, 0.6) is 0 Å². The number of Topliss-reactive ketones (excluding diaryl/α,β-unsaturated/α-hetero) is 1. The summed E-state index contributed by atoms with van der Waals surface area (Å²) in [5.74, 6) is 2.65. The van der Waals surface area contributed by atoms with Gasteiger partial charge in [0, 0.05) is 12.3 Å². The molecule has 2 N–H and O–H groups in total. The fraction of sp³-hybridized carbons (Fsp3) is 0.952. The number of aliphatic hydroxyl groups excluding tert-OH is 2. The van der Waals surface area contributed by atoms with E-state index in [1.165, 1.54) is 19.3 Å². The van der Waals surface area contributed by atoms with Crippen LogP contribution in [0.1, 0.15) is 72.1 Å². The van der Waals surface area contributed by atoms with Crippen LogP contribution < -0.4 is 0 Å². The number of hydrogen-bond donors (Lipinski definition) is 2. The molecule has 0 aromatic rings. The van der Waals surface area contributed by atoms with Crippen molar-refractivity contribution in [2.24, 2.45) is 40.4 Å². The smallest absolute Gasteiger partial charge is 0.136 e. The van der Waals surface area contributed by atoms with Crippen LogP contribution in [-0.4, -0.2) is 28.2 Å². The minimum absolute atomic E-state index is 0.0841. The van der Waals surface area contributed by atoms with Crippen molar-refractivity contribution >= 4 is 5.78 Å². The van der Waals surface area contributed by atoms with Gasteiger partial charge in [-0.15, -0.1) is 0 Å². The van der Waals surface area contributed by atoms with Crippen LogP contribution in [0.2, 0.25) is 0 Å². The Morgan fingerprint density at radius 3 is 2.42 bits per heavy atom. The fourth-order valence-electron chi connectivity index (χ4n) is 7.85. The summed E-state index contributed by atoms with van der Waals surface area (Å²) in [7, 11) is 0. The zero-order valence-electron chi connectivity index (χ0n) is 15.5. The first-order chi connectivity index (χ1) is 11.3. The molecule has 0 aromatic carbocycles. The van der Waals surface area contributed by atoms with Crippen molar-refractivity contribution in [1.29, 1.82) is 0 Å². The lowest BCUT2D eigenvalue weighted by atomic mass is 9.44.